The number of anilines is 1. The average molecular weight is 382 g/mol. The quantitative estimate of drug-likeness (QED) is 0.705. The summed E-state index contributed by atoms with van der Waals surface area (Å²) < 4.78 is 10.5. The van der Waals surface area contributed by atoms with Gasteiger partial charge >= 0.3 is 0 Å². The first-order valence-electron chi connectivity index (χ1n) is 9.12. The first-order valence-corrected chi connectivity index (χ1v) is 9.12. The topological polar surface area (TPSA) is 67.9 Å². The molecule has 0 saturated heterocycles. The summed E-state index contributed by atoms with van der Waals surface area (Å²) in [5.41, 5.74) is 1.94. The number of hydrogen-bond acceptors (Lipinski definition) is 4. The molecule has 0 radical (unpaired) electrons. The van der Waals surface area contributed by atoms with E-state index in [9.17, 15) is 9.59 Å². The maximum atomic E-state index is 12.3. The van der Waals surface area contributed by atoms with Crippen molar-refractivity contribution in [3.63, 3.8) is 0 Å². The minimum absolute atomic E-state index is 0.0205. The van der Waals surface area contributed by atoms with Crippen molar-refractivity contribution < 1.29 is 19.1 Å². The van der Waals surface area contributed by atoms with E-state index < -0.39 is 0 Å². The van der Waals surface area contributed by atoms with Crippen LogP contribution in [0, 0.1) is 0 Å². The molecule has 0 aliphatic rings. The molecule has 0 fully saturated rings. The molecule has 2 aromatic carbocycles. The number of nitrogens with one attached hydrogen (secondary N) is 1. The number of ether oxygens (including phenoxy) is 2. The van der Waals surface area contributed by atoms with Crippen molar-refractivity contribution in [1.29, 1.82) is 0 Å². The van der Waals surface area contributed by atoms with E-state index in [1.54, 1.807) is 67.7 Å². The number of rotatable bonds is 8. The lowest BCUT2D eigenvalue weighted by Crippen LogP contribution is -2.30. The average Bonchev–Trinajstić information content (AvgIpc) is 2.73. The number of benzene rings is 2. The zero-order chi connectivity index (χ0) is 20.5. The lowest BCUT2D eigenvalue weighted by molar-refractivity contribution is -0.111. The Morgan fingerprint density at radius 3 is 2.25 bits per heavy atom. The molecule has 28 heavy (non-hydrogen) atoms. The number of hydrogen-bond donors (Lipinski definition) is 1. The Kier molecular flexibility index (Phi) is 7.63. The third-order valence-corrected chi connectivity index (χ3v) is 4.30. The Morgan fingerprint density at radius 2 is 1.68 bits per heavy atom. The van der Waals surface area contributed by atoms with Gasteiger partial charge in [0.1, 0.15) is 11.5 Å². The lowest BCUT2D eigenvalue weighted by Gasteiger charge is -2.18. The van der Waals surface area contributed by atoms with Crippen molar-refractivity contribution >= 4 is 23.6 Å². The number of amides is 2. The van der Waals surface area contributed by atoms with Crippen LogP contribution in [0.1, 0.15) is 29.8 Å². The van der Waals surface area contributed by atoms with Crippen LogP contribution in [-0.4, -0.2) is 44.0 Å². The Balaban J connectivity index is 2.05. The van der Waals surface area contributed by atoms with Gasteiger partial charge in [0.05, 0.1) is 14.2 Å². The fraction of sp³-hybridized carbons (Fsp3) is 0.273. The van der Waals surface area contributed by atoms with E-state index in [2.05, 4.69) is 5.32 Å². The smallest absolute Gasteiger partial charge is 0.253 e. The number of nitrogens with zero attached hydrogens (tertiary/aromatic N) is 1. The third-order valence-electron chi connectivity index (χ3n) is 4.30. The molecular weight excluding hydrogens is 356 g/mol. The molecule has 1 N–H and O–H groups in total. The lowest BCUT2D eigenvalue weighted by atomic mass is 10.1. The summed E-state index contributed by atoms with van der Waals surface area (Å²) >= 11 is 0. The van der Waals surface area contributed by atoms with Gasteiger partial charge in [-0.1, -0.05) is 0 Å². The van der Waals surface area contributed by atoms with Gasteiger partial charge in [-0.05, 0) is 62.4 Å². The molecule has 0 aliphatic heterocycles. The van der Waals surface area contributed by atoms with Gasteiger partial charge in [-0.25, -0.2) is 0 Å². The largest absolute Gasteiger partial charge is 0.497 e. The van der Waals surface area contributed by atoms with E-state index >= 15 is 0 Å². The minimum Gasteiger partial charge on any atom is -0.497 e. The Hall–Kier alpha value is -3.28. The highest BCUT2D eigenvalue weighted by molar-refractivity contribution is 6.02. The zero-order valence-corrected chi connectivity index (χ0v) is 16.7. The second kappa shape index (κ2) is 10.2. The highest BCUT2D eigenvalue weighted by atomic mass is 16.5. The third kappa shape index (κ3) is 5.36. The van der Waals surface area contributed by atoms with E-state index in [0.717, 1.165) is 5.56 Å². The van der Waals surface area contributed by atoms with Gasteiger partial charge in [0.2, 0.25) is 5.91 Å². The van der Waals surface area contributed by atoms with E-state index in [0.29, 0.717) is 35.8 Å². The molecule has 2 amide bonds. The normalized spacial score (nSPS) is 10.6. The number of methoxy groups -OCH3 is 2. The zero-order valence-electron chi connectivity index (χ0n) is 16.7. The number of carbonyl (C=O) groups excluding carboxylic acids is 2. The van der Waals surface area contributed by atoms with Gasteiger partial charge in [0, 0.05) is 36.0 Å². The van der Waals surface area contributed by atoms with Crippen LogP contribution in [0.25, 0.3) is 6.08 Å². The predicted octanol–water partition coefficient (Wildman–Crippen LogP) is 3.84. The van der Waals surface area contributed by atoms with Crippen LogP contribution < -0.4 is 14.8 Å². The summed E-state index contributed by atoms with van der Waals surface area (Å²) in [6, 6.07) is 12.2. The maximum absolute atomic E-state index is 12.3. The predicted molar refractivity (Wildman–Crippen MR) is 111 cm³/mol. The Labute approximate surface area is 165 Å². The second-order valence-electron chi connectivity index (χ2n) is 5.99. The van der Waals surface area contributed by atoms with E-state index in [-0.39, 0.29) is 11.8 Å². The van der Waals surface area contributed by atoms with Crippen molar-refractivity contribution in [2.75, 3.05) is 32.6 Å². The standard InChI is InChI=1S/C22H26N2O4/c1-5-24(6-2)22(26)16-7-10-18(11-8-16)23-21(25)14-9-17-15-19(27-3)12-13-20(17)28-4/h7-15H,5-6H2,1-4H3,(H,23,25)/b14-9+. The fourth-order valence-electron chi connectivity index (χ4n) is 2.71. The summed E-state index contributed by atoms with van der Waals surface area (Å²) in [5, 5.41) is 2.78. The SMILES string of the molecule is CCN(CC)C(=O)c1ccc(NC(=O)/C=C/c2cc(OC)ccc2OC)cc1. The molecule has 0 bridgehead atoms. The highest BCUT2D eigenvalue weighted by Crippen LogP contribution is 2.25. The summed E-state index contributed by atoms with van der Waals surface area (Å²) in [6.07, 6.45) is 3.08. The maximum Gasteiger partial charge on any atom is 0.253 e. The van der Waals surface area contributed by atoms with Gasteiger partial charge in [0.15, 0.2) is 0 Å². The highest BCUT2D eigenvalue weighted by Gasteiger charge is 2.12. The molecule has 0 aromatic heterocycles. The Bertz CT molecular complexity index is 840. The minimum atomic E-state index is -0.285. The van der Waals surface area contributed by atoms with Crippen molar-refractivity contribution in [1.82, 2.24) is 4.90 Å². The number of carbonyl (C=O) groups is 2. The molecular formula is C22H26N2O4. The first-order chi connectivity index (χ1) is 13.5. The molecule has 148 valence electrons. The van der Waals surface area contributed by atoms with Crippen LogP contribution in [0.2, 0.25) is 0 Å². The van der Waals surface area contributed by atoms with Gasteiger partial charge in [-0.15, -0.1) is 0 Å². The van der Waals surface area contributed by atoms with Gasteiger partial charge in [-0.3, -0.25) is 9.59 Å². The van der Waals surface area contributed by atoms with Crippen LogP contribution in [0.4, 0.5) is 5.69 Å². The first kappa shape index (κ1) is 21.0. The van der Waals surface area contributed by atoms with Crippen molar-refractivity contribution in [3.05, 3.63) is 59.7 Å². The van der Waals surface area contributed by atoms with Crippen molar-refractivity contribution in [2.24, 2.45) is 0 Å². The summed E-state index contributed by atoms with van der Waals surface area (Å²) in [7, 11) is 3.15. The molecule has 6 nitrogen and oxygen atoms in total. The second-order valence-corrected chi connectivity index (χ2v) is 5.99. The molecule has 0 spiro atoms. The summed E-state index contributed by atoms with van der Waals surface area (Å²) in [5.74, 6) is 1.01. The molecule has 0 saturated carbocycles. The van der Waals surface area contributed by atoms with Gasteiger partial charge in [-0.2, -0.15) is 0 Å². The Morgan fingerprint density at radius 1 is 1.00 bits per heavy atom. The fourth-order valence-corrected chi connectivity index (χ4v) is 2.71. The van der Waals surface area contributed by atoms with E-state index in [4.69, 9.17) is 9.47 Å². The van der Waals surface area contributed by atoms with Crippen LogP contribution >= 0.6 is 0 Å². The molecule has 2 rings (SSSR count). The molecule has 0 atom stereocenters. The van der Waals surface area contributed by atoms with Gasteiger partial charge in [0.25, 0.3) is 5.91 Å². The van der Waals surface area contributed by atoms with Crippen molar-refractivity contribution in [3.8, 4) is 11.5 Å². The van der Waals surface area contributed by atoms with Gasteiger partial charge < -0.3 is 19.7 Å². The van der Waals surface area contributed by atoms with Crippen LogP contribution in [0.15, 0.2) is 48.5 Å². The molecule has 0 aliphatic carbocycles. The molecule has 2 aromatic rings. The van der Waals surface area contributed by atoms with E-state index in [1.165, 1.54) is 6.08 Å². The van der Waals surface area contributed by atoms with Crippen LogP contribution in [0.3, 0.4) is 0 Å². The molecule has 0 heterocycles. The molecule has 6 heteroatoms. The van der Waals surface area contributed by atoms with E-state index in [1.807, 2.05) is 13.8 Å². The van der Waals surface area contributed by atoms with Crippen LogP contribution in [-0.2, 0) is 4.79 Å². The summed E-state index contributed by atoms with van der Waals surface area (Å²) in [6.45, 7) is 5.21. The monoisotopic (exact) mass is 382 g/mol. The van der Waals surface area contributed by atoms with Crippen molar-refractivity contribution in [2.45, 2.75) is 13.8 Å². The van der Waals surface area contributed by atoms with Crippen LogP contribution in [0.5, 0.6) is 11.5 Å². The summed E-state index contributed by atoms with van der Waals surface area (Å²) in [4.78, 5) is 26.3. The molecule has 0 unspecified atom stereocenters.